The van der Waals surface area contributed by atoms with E-state index in [0.717, 1.165) is 16.0 Å². The van der Waals surface area contributed by atoms with Crippen LogP contribution in [0.1, 0.15) is 20.7 Å². The zero-order valence-electron chi connectivity index (χ0n) is 11.4. The summed E-state index contributed by atoms with van der Waals surface area (Å²) in [7, 11) is 0. The Labute approximate surface area is 125 Å². The maximum atomic E-state index is 12.5. The predicted molar refractivity (Wildman–Crippen MR) is 80.5 cm³/mol. The van der Waals surface area contributed by atoms with Gasteiger partial charge in [-0.15, -0.1) is 0 Å². The lowest BCUT2D eigenvalue weighted by Gasteiger charge is -2.17. The molecule has 3 rings (SSSR count). The van der Waals surface area contributed by atoms with Crippen molar-refractivity contribution in [1.82, 2.24) is 9.97 Å². The number of aromatic carboxylic acids is 1. The van der Waals surface area contributed by atoms with Gasteiger partial charge in [-0.05, 0) is 30.3 Å². The fourth-order valence-corrected chi connectivity index (χ4v) is 2.18. The van der Waals surface area contributed by atoms with Crippen molar-refractivity contribution in [3.63, 3.8) is 0 Å². The van der Waals surface area contributed by atoms with Crippen LogP contribution in [0, 0.1) is 0 Å². The third kappa shape index (κ3) is 2.29. The quantitative estimate of drug-likeness (QED) is 0.387. The predicted octanol–water partition coefficient (Wildman–Crippen LogP) is 1.78. The molecule has 0 saturated heterocycles. The average molecular weight is 296 g/mol. The molecule has 4 N–H and O–H groups in total. The number of anilines is 1. The van der Waals surface area contributed by atoms with Crippen molar-refractivity contribution in [2.45, 2.75) is 0 Å². The van der Waals surface area contributed by atoms with Crippen molar-refractivity contribution in [3.05, 3.63) is 59.9 Å². The van der Waals surface area contributed by atoms with Crippen LogP contribution in [0.4, 0.5) is 5.69 Å². The second-order valence-corrected chi connectivity index (χ2v) is 4.63. The Morgan fingerprint density at radius 2 is 1.86 bits per heavy atom. The molecule has 0 saturated carbocycles. The second kappa shape index (κ2) is 5.30. The van der Waals surface area contributed by atoms with Crippen molar-refractivity contribution in [1.29, 1.82) is 0 Å². The number of nitrogens with one attached hydrogen (secondary N) is 1. The highest BCUT2D eigenvalue weighted by molar-refractivity contribution is 6.11. The number of H-pyrrole nitrogens is 1. The summed E-state index contributed by atoms with van der Waals surface area (Å²) in [4.78, 5) is 30.7. The number of aromatic amines is 1. The van der Waals surface area contributed by atoms with Crippen molar-refractivity contribution >= 4 is 28.6 Å². The van der Waals surface area contributed by atoms with E-state index in [1.165, 1.54) is 18.5 Å². The van der Waals surface area contributed by atoms with Crippen molar-refractivity contribution in [2.24, 2.45) is 5.84 Å². The fourth-order valence-electron chi connectivity index (χ4n) is 2.18. The van der Waals surface area contributed by atoms with Crippen molar-refractivity contribution in [3.8, 4) is 0 Å². The first kappa shape index (κ1) is 13.8. The lowest BCUT2D eigenvalue weighted by atomic mass is 10.1. The third-order valence-corrected chi connectivity index (χ3v) is 3.29. The number of hydrogen-bond acceptors (Lipinski definition) is 4. The first-order valence-electron chi connectivity index (χ1n) is 6.42. The minimum atomic E-state index is -1.18. The SMILES string of the molecule is NN(C(=O)c1ccccc1C(=O)O)c1ccc2nc[nH]c2c1. The van der Waals surface area contributed by atoms with Crippen LogP contribution >= 0.6 is 0 Å². The van der Waals surface area contributed by atoms with Gasteiger partial charge in [0.05, 0.1) is 34.2 Å². The molecule has 22 heavy (non-hydrogen) atoms. The molecule has 0 atom stereocenters. The summed E-state index contributed by atoms with van der Waals surface area (Å²) in [5, 5.41) is 10.1. The van der Waals surface area contributed by atoms with E-state index in [1.54, 1.807) is 30.3 Å². The molecule has 0 aliphatic heterocycles. The molecular formula is C15H12N4O3. The van der Waals surface area contributed by atoms with Crippen molar-refractivity contribution in [2.75, 3.05) is 5.01 Å². The molecule has 7 nitrogen and oxygen atoms in total. The minimum Gasteiger partial charge on any atom is -0.478 e. The van der Waals surface area contributed by atoms with Gasteiger partial charge in [0.15, 0.2) is 0 Å². The molecule has 7 heteroatoms. The molecule has 1 aromatic heterocycles. The maximum absolute atomic E-state index is 12.5. The number of hydrazine groups is 1. The Kier molecular flexibility index (Phi) is 3.32. The lowest BCUT2D eigenvalue weighted by molar-refractivity contribution is 0.0692. The molecule has 110 valence electrons. The van der Waals surface area contributed by atoms with Crippen LogP contribution in [0.15, 0.2) is 48.8 Å². The normalized spacial score (nSPS) is 10.6. The topological polar surface area (TPSA) is 112 Å². The maximum Gasteiger partial charge on any atom is 0.336 e. The number of benzene rings is 2. The number of imidazole rings is 1. The third-order valence-electron chi connectivity index (χ3n) is 3.29. The van der Waals surface area contributed by atoms with E-state index in [1.807, 2.05) is 0 Å². The molecule has 0 fully saturated rings. The number of rotatable bonds is 3. The zero-order valence-corrected chi connectivity index (χ0v) is 11.4. The summed E-state index contributed by atoms with van der Waals surface area (Å²) in [6, 6.07) is 11.0. The van der Waals surface area contributed by atoms with Crippen LogP contribution in [0.2, 0.25) is 0 Å². The molecule has 0 unspecified atom stereocenters. The highest BCUT2D eigenvalue weighted by Crippen LogP contribution is 2.20. The van der Waals surface area contributed by atoms with E-state index in [2.05, 4.69) is 9.97 Å². The molecular weight excluding hydrogens is 284 g/mol. The van der Waals surface area contributed by atoms with E-state index >= 15 is 0 Å². The van der Waals surface area contributed by atoms with E-state index in [0.29, 0.717) is 5.69 Å². The van der Waals surface area contributed by atoms with Gasteiger partial charge in [0.1, 0.15) is 0 Å². The number of fused-ring (bicyclic) bond motifs is 1. The summed E-state index contributed by atoms with van der Waals surface area (Å²) in [5.41, 5.74) is 1.84. The number of amides is 1. The van der Waals surface area contributed by atoms with Crippen LogP contribution in [0.5, 0.6) is 0 Å². The number of carbonyl (C=O) groups excluding carboxylic acids is 1. The summed E-state index contributed by atoms with van der Waals surface area (Å²) >= 11 is 0. The van der Waals surface area contributed by atoms with Gasteiger partial charge in [-0.3, -0.25) is 4.79 Å². The van der Waals surface area contributed by atoms with E-state index in [-0.39, 0.29) is 11.1 Å². The molecule has 0 aliphatic rings. The van der Waals surface area contributed by atoms with Crippen LogP contribution < -0.4 is 10.9 Å². The molecule has 3 aromatic rings. The summed E-state index contributed by atoms with van der Waals surface area (Å²) in [6.45, 7) is 0. The first-order valence-corrected chi connectivity index (χ1v) is 6.42. The fraction of sp³-hybridized carbons (Fsp3) is 0. The second-order valence-electron chi connectivity index (χ2n) is 4.63. The summed E-state index contributed by atoms with van der Waals surface area (Å²) < 4.78 is 0. The van der Waals surface area contributed by atoms with Gasteiger partial charge in [-0.2, -0.15) is 0 Å². The van der Waals surface area contributed by atoms with E-state index in [9.17, 15) is 9.59 Å². The number of carboxylic acid groups (broad SMARTS) is 1. The Morgan fingerprint density at radius 1 is 1.14 bits per heavy atom. The standard InChI is InChI=1S/C15H12N4O3/c16-19(9-5-6-12-13(7-9)18-8-17-12)14(20)10-3-1-2-4-11(10)15(21)22/h1-8H,16H2,(H,17,18)(H,21,22). The van der Waals surface area contributed by atoms with Crippen LogP contribution in [0.25, 0.3) is 11.0 Å². The van der Waals surface area contributed by atoms with Crippen LogP contribution in [-0.2, 0) is 0 Å². The largest absolute Gasteiger partial charge is 0.478 e. The number of nitrogens with two attached hydrogens (primary N) is 1. The Morgan fingerprint density at radius 3 is 2.59 bits per heavy atom. The Balaban J connectivity index is 1.99. The van der Waals surface area contributed by atoms with Gasteiger partial charge >= 0.3 is 5.97 Å². The Bertz CT molecular complexity index is 872. The molecule has 0 spiro atoms. The minimum absolute atomic E-state index is 0.0298. The number of aromatic nitrogens is 2. The number of nitrogens with zero attached hydrogens (tertiary/aromatic N) is 2. The smallest absolute Gasteiger partial charge is 0.336 e. The first-order chi connectivity index (χ1) is 10.6. The summed E-state index contributed by atoms with van der Waals surface area (Å²) in [5.74, 6) is 4.08. The van der Waals surface area contributed by atoms with E-state index in [4.69, 9.17) is 10.9 Å². The highest BCUT2D eigenvalue weighted by Gasteiger charge is 2.21. The molecule has 2 aromatic carbocycles. The van der Waals surface area contributed by atoms with Crippen molar-refractivity contribution < 1.29 is 14.7 Å². The average Bonchev–Trinajstić information content (AvgIpc) is 3.01. The van der Waals surface area contributed by atoms with Crippen LogP contribution in [0.3, 0.4) is 0 Å². The lowest BCUT2D eigenvalue weighted by Crippen LogP contribution is -2.38. The number of hydrogen-bond donors (Lipinski definition) is 3. The molecule has 1 heterocycles. The Hall–Kier alpha value is -3.19. The van der Waals surface area contributed by atoms with Gasteiger partial charge in [0.25, 0.3) is 5.91 Å². The van der Waals surface area contributed by atoms with Gasteiger partial charge in [-0.1, -0.05) is 12.1 Å². The van der Waals surface area contributed by atoms with Gasteiger partial charge < -0.3 is 10.1 Å². The molecule has 0 bridgehead atoms. The van der Waals surface area contributed by atoms with Crippen LogP contribution in [-0.4, -0.2) is 27.0 Å². The monoisotopic (exact) mass is 296 g/mol. The number of carboxylic acids is 1. The van der Waals surface area contributed by atoms with Gasteiger partial charge in [0.2, 0.25) is 0 Å². The number of carbonyl (C=O) groups is 2. The van der Waals surface area contributed by atoms with Gasteiger partial charge in [-0.25, -0.2) is 20.6 Å². The zero-order chi connectivity index (χ0) is 15.7. The molecule has 0 aliphatic carbocycles. The summed E-state index contributed by atoms with van der Waals surface area (Å²) in [6.07, 6.45) is 1.54. The van der Waals surface area contributed by atoms with Gasteiger partial charge in [0, 0.05) is 0 Å². The molecule has 0 radical (unpaired) electrons. The van der Waals surface area contributed by atoms with E-state index < -0.39 is 11.9 Å². The molecule has 1 amide bonds. The highest BCUT2D eigenvalue weighted by atomic mass is 16.4.